The number of nitrogens with zero attached hydrogens (tertiary/aromatic N) is 1. The van der Waals surface area contributed by atoms with E-state index in [0.29, 0.717) is 12.2 Å². The molecule has 0 saturated heterocycles. The van der Waals surface area contributed by atoms with Crippen LogP contribution in [-0.2, 0) is 0 Å². The van der Waals surface area contributed by atoms with Crippen LogP contribution < -0.4 is 10.5 Å². The Labute approximate surface area is 93.5 Å². The minimum absolute atomic E-state index is 0.0221. The Bertz CT molecular complexity index is 394. The Balaban J connectivity index is 2.89. The number of halogens is 1. The second-order valence-corrected chi connectivity index (χ2v) is 3.45. The van der Waals surface area contributed by atoms with Crippen LogP contribution in [0.4, 0.5) is 4.39 Å². The van der Waals surface area contributed by atoms with Gasteiger partial charge >= 0.3 is 0 Å². The second-order valence-electron chi connectivity index (χ2n) is 3.45. The summed E-state index contributed by atoms with van der Waals surface area (Å²) in [6.07, 6.45) is -0.0169. The van der Waals surface area contributed by atoms with Crippen molar-refractivity contribution in [2.75, 3.05) is 0 Å². The lowest BCUT2D eigenvalue weighted by molar-refractivity contribution is 0.244. The van der Waals surface area contributed by atoms with Gasteiger partial charge in [0.25, 0.3) is 0 Å². The van der Waals surface area contributed by atoms with Gasteiger partial charge in [-0.15, -0.1) is 0 Å². The Morgan fingerprint density at radius 2 is 2.31 bits per heavy atom. The number of hydrogen-bond donors (Lipinski definition) is 2. The number of amidine groups is 1. The molecule has 0 fully saturated rings. The number of ether oxygens (including phenoxy) is 1. The Morgan fingerprint density at radius 1 is 1.62 bits per heavy atom. The maximum Gasteiger partial charge on any atom is 0.180 e. The fourth-order valence-corrected chi connectivity index (χ4v) is 1.27. The van der Waals surface area contributed by atoms with Gasteiger partial charge in [-0.25, -0.2) is 4.39 Å². The van der Waals surface area contributed by atoms with E-state index in [1.807, 2.05) is 6.92 Å². The van der Waals surface area contributed by atoms with Gasteiger partial charge in [-0.3, -0.25) is 0 Å². The predicted octanol–water partition coefficient (Wildman–Crippen LogP) is 2.04. The fraction of sp³-hybridized carbons (Fsp3) is 0.364. The Kier molecular flexibility index (Phi) is 4.10. The van der Waals surface area contributed by atoms with E-state index >= 15 is 0 Å². The van der Waals surface area contributed by atoms with Crippen molar-refractivity contribution in [1.82, 2.24) is 0 Å². The highest BCUT2D eigenvalue weighted by Gasteiger charge is 2.15. The van der Waals surface area contributed by atoms with Gasteiger partial charge in [-0.05, 0) is 25.0 Å². The van der Waals surface area contributed by atoms with Crippen molar-refractivity contribution >= 4 is 5.84 Å². The zero-order chi connectivity index (χ0) is 12.1. The standard InChI is InChI=1S/C11H15FN2O2/c1-3-9(11(13)14-15)16-10-6-8(12)5-4-7(10)2/h4-6,9,15H,3H2,1-2H3,(H2,13,14). The second kappa shape index (κ2) is 5.34. The molecule has 0 bridgehead atoms. The smallest absolute Gasteiger partial charge is 0.180 e. The lowest BCUT2D eigenvalue weighted by Gasteiger charge is -2.17. The molecule has 1 unspecified atom stereocenters. The summed E-state index contributed by atoms with van der Waals surface area (Å²) in [5, 5.41) is 11.4. The van der Waals surface area contributed by atoms with E-state index in [1.165, 1.54) is 12.1 Å². The molecule has 1 rings (SSSR count). The van der Waals surface area contributed by atoms with Gasteiger partial charge in [-0.1, -0.05) is 18.1 Å². The monoisotopic (exact) mass is 226 g/mol. The number of oxime groups is 1. The average Bonchev–Trinajstić information content (AvgIpc) is 2.29. The summed E-state index contributed by atoms with van der Waals surface area (Å²) < 4.78 is 18.5. The van der Waals surface area contributed by atoms with Gasteiger partial charge in [0.1, 0.15) is 11.6 Å². The Morgan fingerprint density at radius 3 is 2.88 bits per heavy atom. The van der Waals surface area contributed by atoms with Crippen LogP contribution in [0.25, 0.3) is 0 Å². The molecule has 0 amide bonds. The van der Waals surface area contributed by atoms with Crippen molar-refractivity contribution in [2.24, 2.45) is 10.9 Å². The molecule has 4 nitrogen and oxygen atoms in total. The molecule has 0 saturated carbocycles. The minimum atomic E-state index is -0.550. The number of hydrogen-bond acceptors (Lipinski definition) is 3. The number of rotatable bonds is 4. The summed E-state index contributed by atoms with van der Waals surface area (Å²) in [5.41, 5.74) is 6.24. The average molecular weight is 226 g/mol. The topological polar surface area (TPSA) is 67.8 Å². The molecule has 1 aromatic rings. The minimum Gasteiger partial charge on any atom is -0.482 e. The summed E-state index contributed by atoms with van der Waals surface area (Å²) in [7, 11) is 0. The molecule has 0 aliphatic rings. The summed E-state index contributed by atoms with van der Waals surface area (Å²) in [5.74, 6) is -0.000395. The predicted molar refractivity (Wildman–Crippen MR) is 59.3 cm³/mol. The molecule has 0 aliphatic heterocycles. The third-order valence-electron chi connectivity index (χ3n) is 2.24. The van der Waals surface area contributed by atoms with Gasteiger partial charge in [0, 0.05) is 6.07 Å². The number of benzene rings is 1. The molecule has 0 radical (unpaired) electrons. The first-order valence-corrected chi connectivity index (χ1v) is 4.98. The third kappa shape index (κ3) is 2.85. The first kappa shape index (κ1) is 12.3. The van der Waals surface area contributed by atoms with E-state index in [0.717, 1.165) is 5.56 Å². The van der Waals surface area contributed by atoms with Crippen molar-refractivity contribution in [2.45, 2.75) is 26.4 Å². The first-order valence-electron chi connectivity index (χ1n) is 4.98. The summed E-state index contributed by atoms with van der Waals surface area (Å²) >= 11 is 0. The third-order valence-corrected chi connectivity index (χ3v) is 2.24. The van der Waals surface area contributed by atoms with Crippen LogP contribution in [0.15, 0.2) is 23.4 Å². The van der Waals surface area contributed by atoms with Crippen LogP contribution in [-0.4, -0.2) is 17.1 Å². The normalized spacial score (nSPS) is 13.6. The van der Waals surface area contributed by atoms with Crippen molar-refractivity contribution in [3.05, 3.63) is 29.6 Å². The van der Waals surface area contributed by atoms with E-state index in [4.69, 9.17) is 15.7 Å². The van der Waals surface area contributed by atoms with E-state index < -0.39 is 6.10 Å². The molecule has 16 heavy (non-hydrogen) atoms. The molecule has 1 aromatic carbocycles. The van der Waals surface area contributed by atoms with Gasteiger partial charge in [0.2, 0.25) is 0 Å². The summed E-state index contributed by atoms with van der Waals surface area (Å²) in [6.45, 7) is 3.63. The van der Waals surface area contributed by atoms with Crippen molar-refractivity contribution in [1.29, 1.82) is 0 Å². The Hall–Kier alpha value is -1.78. The molecule has 0 heterocycles. The highest BCUT2D eigenvalue weighted by atomic mass is 19.1. The molecule has 88 valence electrons. The quantitative estimate of drug-likeness (QED) is 0.357. The van der Waals surface area contributed by atoms with Crippen molar-refractivity contribution in [3.8, 4) is 5.75 Å². The molecule has 0 spiro atoms. The van der Waals surface area contributed by atoms with Crippen LogP contribution in [0, 0.1) is 12.7 Å². The summed E-state index contributed by atoms with van der Waals surface area (Å²) in [6, 6.07) is 4.25. The highest BCUT2D eigenvalue weighted by Crippen LogP contribution is 2.20. The van der Waals surface area contributed by atoms with Crippen molar-refractivity contribution < 1.29 is 14.3 Å². The molecule has 3 N–H and O–H groups in total. The zero-order valence-corrected chi connectivity index (χ0v) is 9.27. The molecule has 1 atom stereocenters. The largest absolute Gasteiger partial charge is 0.482 e. The lowest BCUT2D eigenvalue weighted by Crippen LogP contribution is -2.33. The maximum absolute atomic E-state index is 13.0. The molecule has 0 aromatic heterocycles. The van der Waals surface area contributed by atoms with Crippen LogP contribution >= 0.6 is 0 Å². The summed E-state index contributed by atoms with van der Waals surface area (Å²) in [4.78, 5) is 0. The van der Waals surface area contributed by atoms with Crippen LogP contribution in [0.2, 0.25) is 0 Å². The number of aryl methyl sites for hydroxylation is 1. The lowest BCUT2D eigenvalue weighted by atomic mass is 10.2. The van der Waals surface area contributed by atoms with Crippen molar-refractivity contribution in [3.63, 3.8) is 0 Å². The fourth-order valence-electron chi connectivity index (χ4n) is 1.27. The van der Waals surface area contributed by atoms with Crippen LogP contribution in [0.5, 0.6) is 5.75 Å². The number of nitrogens with two attached hydrogens (primary N) is 1. The van der Waals surface area contributed by atoms with E-state index in [1.54, 1.807) is 13.0 Å². The first-order chi connectivity index (χ1) is 7.58. The zero-order valence-electron chi connectivity index (χ0n) is 9.27. The molecular weight excluding hydrogens is 211 g/mol. The van der Waals surface area contributed by atoms with E-state index in [-0.39, 0.29) is 11.7 Å². The SMILES string of the molecule is CCC(Oc1cc(F)ccc1C)/C(N)=N/O. The maximum atomic E-state index is 13.0. The van der Waals surface area contributed by atoms with Crippen LogP contribution in [0.3, 0.4) is 0 Å². The van der Waals surface area contributed by atoms with Gasteiger partial charge in [0.05, 0.1) is 0 Å². The molecule has 5 heteroatoms. The van der Waals surface area contributed by atoms with Gasteiger partial charge in [0.15, 0.2) is 11.9 Å². The van der Waals surface area contributed by atoms with Gasteiger partial charge < -0.3 is 15.7 Å². The van der Waals surface area contributed by atoms with E-state index in [9.17, 15) is 4.39 Å². The molecule has 0 aliphatic carbocycles. The van der Waals surface area contributed by atoms with E-state index in [2.05, 4.69) is 5.16 Å². The van der Waals surface area contributed by atoms with Crippen LogP contribution in [0.1, 0.15) is 18.9 Å². The van der Waals surface area contributed by atoms with Gasteiger partial charge in [-0.2, -0.15) is 0 Å². The molecular formula is C11H15FN2O2. The highest BCUT2D eigenvalue weighted by molar-refractivity contribution is 5.84.